The molecule has 1 atom stereocenters. The fourth-order valence-electron chi connectivity index (χ4n) is 7.85. The molecule has 12 nitrogen and oxygen atoms in total. The second-order valence-electron chi connectivity index (χ2n) is 14.5. The number of fused-ring (bicyclic) bond motifs is 2. The average Bonchev–Trinajstić information content (AvgIpc) is 3.63. The summed E-state index contributed by atoms with van der Waals surface area (Å²) in [4.78, 5) is 26.8. The van der Waals surface area contributed by atoms with E-state index in [1.54, 1.807) is 51.4 Å². The van der Waals surface area contributed by atoms with Crippen LogP contribution in [0, 0.1) is 26.2 Å². The van der Waals surface area contributed by atoms with Crippen molar-refractivity contribution in [2.24, 2.45) is 12.5 Å². The lowest BCUT2D eigenvalue weighted by Gasteiger charge is -2.45. The van der Waals surface area contributed by atoms with Crippen LogP contribution in [0.1, 0.15) is 70.8 Å². The highest BCUT2D eigenvalue weighted by atomic mass is 32.2. The van der Waals surface area contributed by atoms with Crippen LogP contribution in [0.2, 0.25) is 0 Å². The molecule has 0 spiro atoms. The van der Waals surface area contributed by atoms with E-state index in [2.05, 4.69) is 28.9 Å². The van der Waals surface area contributed by atoms with Gasteiger partial charge in [-0.3, -0.25) is 9.48 Å². The molecule has 2 aliphatic rings. The number of aldehydes is 1. The quantitative estimate of drug-likeness (QED) is 0.177. The van der Waals surface area contributed by atoms with Crippen molar-refractivity contribution in [1.82, 2.24) is 28.9 Å². The van der Waals surface area contributed by atoms with Crippen molar-refractivity contribution in [3.63, 3.8) is 0 Å². The average molecular weight is 733 g/mol. The van der Waals surface area contributed by atoms with Crippen molar-refractivity contribution in [2.45, 2.75) is 71.4 Å². The summed E-state index contributed by atoms with van der Waals surface area (Å²) in [6.07, 6.45) is -1.21. The molecule has 0 N–H and O–H groups in total. The molecule has 1 saturated heterocycles. The van der Waals surface area contributed by atoms with E-state index in [4.69, 9.17) is 14.7 Å². The molecule has 5 heterocycles. The van der Waals surface area contributed by atoms with Crippen LogP contribution < -0.4 is 9.80 Å². The smallest absolute Gasteiger partial charge is 0.283 e. The van der Waals surface area contributed by atoms with E-state index in [9.17, 15) is 22.0 Å². The third-order valence-corrected chi connectivity index (χ3v) is 12.0. The number of halogens is 2. The van der Waals surface area contributed by atoms with Gasteiger partial charge < -0.3 is 14.5 Å². The number of aromatic nitrogens is 6. The van der Waals surface area contributed by atoms with Crippen molar-refractivity contribution >= 4 is 38.8 Å². The lowest BCUT2D eigenvalue weighted by atomic mass is 9.81. The number of carbonyl (C=O) groups is 1. The first kappa shape index (κ1) is 35.6. The minimum atomic E-state index is -4.02. The van der Waals surface area contributed by atoms with Crippen LogP contribution in [0.25, 0.3) is 22.3 Å². The number of rotatable bonds is 8. The van der Waals surface area contributed by atoms with Gasteiger partial charge in [0.1, 0.15) is 17.3 Å². The molecule has 274 valence electrons. The van der Waals surface area contributed by atoms with Crippen LogP contribution in [-0.4, -0.2) is 76.5 Å². The first-order valence-electron chi connectivity index (χ1n) is 17.2. The summed E-state index contributed by atoms with van der Waals surface area (Å²) in [5.41, 5.74) is 4.15. The SMILES string of the molecule is COC1CCN(c2nc(-c3c(C)ccc4c3c(C)nn4S(=O)(=O)c3ccc(C)cc3)nc3c2CN(c2c(C=O)c(C(F)F)nn2C)CC3)CC1(C)C. The van der Waals surface area contributed by atoms with Crippen molar-refractivity contribution in [3.8, 4) is 11.4 Å². The molecule has 3 aromatic heterocycles. The zero-order valence-corrected chi connectivity index (χ0v) is 31.1. The van der Waals surface area contributed by atoms with Gasteiger partial charge in [0.2, 0.25) is 0 Å². The maximum absolute atomic E-state index is 13.9. The number of aryl methyl sites for hydroxylation is 4. The minimum Gasteiger partial charge on any atom is -0.381 e. The Morgan fingerprint density at radius 2 is 1.73 bits per heavy atom. The standard InChI is InChI=1S/C37H42F2N8O4S/c1-21-8-11-24(12-9-21)52(49,50)47-28-13-10-22(2)30(31(28)23(3)42-47)34-40-27-14-16-45(36-26(19-48)32(33(38)39)43-44(36)6)18-25(27)35(41-34)46-17-15-29(51-7)37(4,5)20-46/h8-13,19,29,33H,14-18,20H2,1-7H3. The van der Waals surface area contributed by atoms with Crippen LogP contribution in [-0.2, 0) is 34.8 Å². The molecular weight excluding hydrogens is 691 g/mol. The summed E-state index contributed by atoms with van der Waals surface area (Å²) in [5.74, 6) is 1.47. The minimum absolute atomic E-state index is 0.0368. The third-order valence-electron chi connectivity index (χ3n) is 10.4. The largest absolute Gasteiger partial charge is 0.381 e. The Bertz CT molecular complexity index is 2320. The van der Waals surface area contributed by atoms with Gasteiger partial charge in [0, 0.05) is 68.7 Å². The third kappa shape index (κ3) is 5.83. The maximum atomic E-state index is 13.9. The number of hydrogen-bond donors (Lipinski definition) is 0. The molecule has 2 aliphatic heterocycles. The molecule has 0 bridgehead atoms. The Morgan fingerprint density at radius 1 is 1.00 bits per heavy atom. The second-order valence-corrected chi connectivity index (χ2v) is 16.2. The molecular formula is C37H42F2N8O4S. The summed E-state index contributed by atoms with van der Waals surface area (Å²) in [5, 5.41) is 9.19. The van der Waals surface area contributed by atoms with Gasteiger partial charge in [-0.2, -0.15) is 22.7 Å². The monoisotopic (exact) mass is 732 g/mol. The summed E-state index contributed by atoms with van der Waals surface area (Å²) >= 11 is 0. The van der Waals surface area contributed by atoms with E-state index in [1.807, 2.05) is 24.8 Å². The molecule has 7 rings (SSSR count). The number of hydrogen-bond acceptors (Lipinski definition) is 10. The first-order valence-corrected chi connectivity index (χ1v) is 18.6. The predicted octanol–water partition coefficient (Wildman–Crippen LogP) is 5.95. The fourth-order valence-corrected chi connectivity index (χ4v) is 9.17. The molecule has 15 heteroatoms. The lowest BCUT2D eigenvalue weighted by molar-refractivity contribution is -0.00647. The first-order chi connectivity index (χ1) is 24.7. The molecule has 0 saturated carbocycles. The van der Waals surface area contributed by atoms with Crippen molar-refractivity contribution in [2.75, 3.05) is 36.5 Å². The van der Waals surface area contributed by atoms with Crippen LogP contribution in [0.3, 0.4) is 0 Å². The number of nitrogens with zero attached hydrogens (tertiary/aromatic N) is 8. The summed E-state index contributed by atoms with van der Waals surface area (Å²) in [7, 11) is -0.732. The Kier molecular flexibility index (Phi) is 8.93. The highest BCUT2D eigenvalue weighted by molar-refractivity contribution is 7.90. The van der Waals surface area contributed by atoms with Crippen LogP contribution in [0.5, 0.6) is 0 Å². The molecule has 0 aliphatic carbocycles. The maximum Gasteiger partial charge on any atom is 0.283 e. The fraction of sp³-hybridized carbons (Fsp3) is 0.432. The van der Waals surface area contributed by atoms with E-state index in [1.165, 1.54) is 4.68 Å². The second kappa shape index (κ2) is 13.0. The van der Waals surface area contributed by atoms with Gasteiger partial charge in [-0.25, -0.2) is 18.7 Å². The van der Waals surface area contributed by atoms with Crippen molar-refractivity contribution in [3.05, 3.63) is 75.7 Å². The van der Waals surface area contributed by atoms with Gasteiger partial charge in [0.15, 0.2) is 12.1 Å². The molecule has 0 radical (unpaired) electrons. The topological polar surface area (TPSA) is 128 Å². The predicted molar refractivity (Wildman–Crippen MR) is 194 cm³/mol. The number of anilines is 2. The van der Waals surface area contributed by atoms with Gasteiger partial charge in [-0.05, 0) is 51.0 Å². The van der Waals surface area contributed by atoms with E-state index < -0.39 is 22.1 Å². The van der Waals surface area contributed by atoms with Gasteiger partial charge >= 0.3 is 0 Å². The Morgan fingerprint density at radius 3 is 2.38 bits per heavy atom. The van der Waals surface area contributed by atoms with Gasteiger partial charge in [0.05, 0.1) is 33.5 Å². The normalized spacial score (nSPS) is 17.6. The van der Waals surface area contributed by atoms with E-state index >= 15 is 0 Å². The van der Waals surface area contributed by atoms with Crippen LogP contribution in [0.4, 0.5) is 20.4 Å². The van der Waals surface area contributed by atoms with Gasteiger partial charge in [-0.15, -0.1) is 0 Å². The highest BCUT2D eigenvalue weighted by Crippen LogP contribution is 2.41. The number of piperidine rings is 1. The molecule has 52 heavy (non-hydrogen) atoms. The summed E-state index contributed by atoms with van der Waals surface area (Å²) in [6.45, 7) is 11.9. The number of benzene rings is 2. The number of methoxy groups -OCH3 is 1. The van der Waals surface area contributed by atoms with E-state index in [0.29, 0.717) is 72.0 Å². The van der Waals surface area contributed by atoms with Crippen LogP contribution in [0.15, 0.2) is 41.3 Å². The molecule has 0 amide bonds. The summed E-state index contributed by atoms with van der Waals surface area (Å²) in [6, 6.07) is 10.3. The number of alkyl halides is 2. The van der Waals surface area contributed by atoms with Gasteiger partial charge in [-0.1, -0.05) is 37.6 Å². The molecule has 1 unspecified atom stereocenters. The van der Waals surface area contributed by atoms with Crippen molar-refractivity contribution in [1.29, 1.82) is 0 Å². The summed E-state index contributed by atoms with van der Waals surface area (Å²) < 4.78 is 63.8. The Labute approximate surface area is 301 Å². The number of ether oxygens (including phenoxy) is 1. The van der Waals surface area contributed by atoms with E-state index in [-0.39, 0.29) is 28.5 Å². The Hall–Kier alpha value is -4.76. The molecule has 2 aromatic carbocycles. The highest BCUT2D eigenvalue weighted by Gasteiger charge is 2.39. The van der Waals surface area contributed by atoms with Crippen LogP contribution >= 0.6 is 0 Å². The zero-order chi connectivity index (χ0) is 37.3. The molecule has 5 aromatic rings. The Balaban J connectivity index is 1.40. The number of carbonyl (C=O) groups excluding carboxylic acids is 1. The zero-order valence-electron chi connectivity index (χ0n) is 30.3. The van der Waals surface area contributed by atoms with E-state index in [0.717, 1.165) is 32.9 Å². The van der Waals surface area contributed by atoms with Crippen molar-refractivity contribution < 1.29 is 26.7 Å². The molecule has 1 fully saturated rings. The van der Waals surface area contributed by atoms with Gasteiger partial charge in [0.25, 0.3) is 16.4 Å². The lowest BCUT2D eigenvalue weighted by Crippen LogP contribution is -2.50.